The Morgan fingerprint density at radius 2 is 1.73 bits per heavy atom. The second-order valence-corrected chi connectivity index (χ2v) is 10.5. The predicted molar refractivity (Wildman–Crippen MR) is 145 cm³/mol. The van der Waals surface area contributed by atoms with E-state index in [-0.39, 0.29) is 23.7 Å². The molecule has 1 aliphatic heterocycles. The molecule has 2 atom stereocenters. The first kappa shape index (κ1) is 27.3. The maximum atomic E-state index is 13.5. The quantitative estimate of drug-likeness (QED) is 0.509. The first-order chi connectivity index (χ1) is 18.0. The molecule has 1 unspecified atom stereocenters. The van der Waals surface area contributed by atoms with Crippen LogP contribution in [0.5, 0.6) is 0 Å². The number of carbonyl (C=O) groups is 2. The molecule has 2 amide bonds. The normalized spacial score (nSPS) is 20.7. The average Bonchev–Trinajstić information content (AvgIpc) is 2.95. The largest absolute Gasteiger partial charge is 0.353 e. The van der Waals surface area contributed by atoms with Crippen LogP contribution in [0.25, 0.3) is 0 Å². The van der Waals surface area contributed by atoms with E-state index in [2.05, 4.69) is 34.5 Å². The summed E-state index contributed by atoms with van der Waals surface area (Å²) in [6.07, 6.45) is 8.83. The van der Waals surface area contributed by atoms with Crippen LogP contribution < -0.4 is 11.1 Å². The SMILES string of the molecule is NCCNC(=O)[C@H]1CC(N(CCc2ccccc2)CC2CCCCC2)CCN1C(=O)c1ccc(F)cc1. The summed E-state index contributed by atoms with van der Waals surface area (Å²) in [4.78, 5) is 30.9. The molecule has 1 heterocycles. The van der Waals surface area contributed by atoms with Crippen molar-refractivity contribution in [2.45, 2.75) is 63.5 Å². The van der Waals surface area contributed by atoms with Crippen molar-refractivity contribution in [1.29, 1.82) is 0 Å². The van der Waals surface area contributed by atoms with Crippen molar-refractivity contribution < 1.29 is 14.0 Å². The van der Waals surface area contributed by atoms with Crippen LogP contribution in [0, 0.1) is 11.7 Å². The highest BCUT2D eigenvalue weighted by Gasteiger charge is 2.38. The summed E-state index contributed by atoms with van der Waals surface area (Å²) in [5.74, 6) is -0.0852. The van der Waals surface area contributed by atoms with Crippen LogP contribution in [0.1, 0.15) is 60.9 Å². The minimum atomic E-state index is -0.576. The number of halogens is 1. The van der Waals surface area contributed by atoms with Gasteiger partial charge in [-0.1, -0.05) is 49.6 Å². The second kappa shape index (κ2) is 13.7. The topological polar surface area (TPSA) is 78.7 Å². The summed E-state index contributed by atoms with van der Waals surface area (Å²) in [6.45, 7) is 3.19. The fraction of sp³-hybridized carbons (Fsp3) is 0.533. The molecule has 0 spiro atoms. The number of amides is 2. The molecular weight excluding hydrogens is 467 g/mol. The van der Waals surface area contributed by atoms with E-state index < -0.39 is 6.04 Å². The third-order valence-corrected chi connectivity index (χ3v) is 7.94. The van der Waals surface area contributed by atoms with E-state index in [4.69, 9.17) is 5.73 Å². The molecule has 200 valence electrons. The average molecular weight is 509 g/mol. The van der Waals surface area contributed by atoms with Gasteiger partial charge in [0.2, 0.25) is 5.91 Å². The summed E-state index contributed by atoms with van der Waals surface area (Å²) in [5.41, 5.74) is 7.36. The fourth-order valence-corrected chi connectivity index (χ4v) is 5.88. The van der Waals surface area contributed by atoms with Crippen molar-refractivity contribution in [1.82, 2.24) is 15.1 Å². The Kier molecular flexibility index (Phi) is 10.1. The molecular formula is C30H41FN4O2. The maximum absolute atomic E-state index is 13.5. The van der Waals surface area contributed by atoms with Crippen LogP contribution in [-0.4, -0.2) is 66.4 Å². The Morgan fingerprint density at radius 1 is 1.00 bits per heavy atom. The van der Waals surface area contributed by atoms with E-state index in [1.54, 1.807) is 4.90 Å². The minimum absolute atomic E-state index is 0.161. The highest BCUT2D eigenvalue weighted by molar-refractivity contribution is 5.97. The number of rotatable bonds is 10. The van der Waals surface area contributed by atoms with Gasteiger partial charge in [0.15, 0.2) is 0 Å². The van der Waals surface area contributed by atoms with Crippen molar-refractivity contribution in [2.24, 2.45) is 11.7 Å². The lowest BCUT2D eigenvalue weighted by molar-refractivity contribution is -0.127. The van der Waals surface area contributed by atoms with Gasteiger partial charge in [-0.05, 0) is 67.9 Å². The zero-order valence-corrected chi connectivity index (χ0v) is 21.8. The van der Waals surface area contributed by atoms with Gasteiger partial charge in [0.1, 0.15) is 11.9 Å². The molecule has 3 N–H and O–H groups in total. The lowest BCUT2D eigenvalue weighted by Crippen LogP contribution is -2.58. The van der Waals surface area contributed by atoms with Gasteiger partial charge in [-0.3, -0.25) is 14.5 Å². The van der Waals surface area contributed by atoms with E-state index >= 15 is 0 Å². The monoisotopic (exact) mass is 508 g/mol. The molecule has 2 fully saturated rings. The molecule has 1 aliphatic carbocycles. The van der Waals surface area contributed by atoms with Gasteiger partial charge < -0.3 is 16.0 Å². The highest BCUT2D eigenvalue weighted by atomic mass is 19.1. The lowest BCUT2D eigenvalue weighted by Gasteiger charge is -2.44. The molecule has 1 saturated heterocycles. The van der Waals surface area contributed by atoms with E-state index in [9.17, 15) is 14.0 Å². The van der Waals surface area contributed by atoms with Gasteiger partial charge in [0.05, 0.1) is 0 Å². The van der Waals surface area contributed by atoms with Crippen molar-refractivity contribution in [2.75, 3.05) is 32.7 Å². The third kappa shape index (κ3) is 7.62. The van der Waals surface area contributed by atoms with E-state index in [0.29, 0.717) is 37.5 Å². The predicted octanol–water partition coefficient (Wildman–Crippen LogP) is 4.00. The number of carbonyl (C=O) groups excluding carboxylic acids is 2. The van der Waals surface area contributed by atoms with Crippen LogP contribution in [0.15, 0.2) is 54.6 Å². The van der Waals surface area contributed by atoms with Gasteiger partial charge in [0.25, 0.3) is 5.91 Å². The number of hydrogen-bond acceptors (Lipinski definition) is 4. The first-order valence-corrected chi connectivity index (χ1v) is 13.9. The van der Waals surface area contributed by atoms with Gasteiger partial charge >= 0.3 is 0 Å². The van der Waals surface area contributed by atoms with E-state index in [0.717, 1.165) is 25.9 Å². The van der Waals surface area contributed by atoms with Gasteiger partial charge in [-0.25, -0.2) is 4.39 Å². The second-order valence-electron chi connectivity index (χ2n) is 10.5. The minimum Gasteiger partial charge on any atom is -0.353 e. The van der Waals surface area contributed by atoms with Crippen LogP contribution in [0.2, 0.25) is 0 Å². The number of nitrogens with one attached hydrogen (secondary N) is 1. The standard InChI is InChI=1S/C30H41FN4O2/c31-26-13-11-25(12-14-26)30(37)35-20-16-27(21-28(35)29(36)33-18-17-32)34(22-24-9-5-2-6-10-24)19-15-23-7-3-1-4-8-23/h1,3-4,7-8,11-14,24,27-28H,2,5-6,9-10,15-22,32H2,(H,33,36)/t27?,28-/m1/s1. The zero-order chi connectivity index (χ0) is 26.0. The molecule has 6 nitrogen and oxygen atoms in total. The smallest absolute Gasteiger partial charge is 0.254 e. The highest BCUT2D eigenvalue weighted by Crippen LogP contribution is 2.29. The molecule has 0 bridgehead atoms. The summed E-state index contributed by atoms with van der Waals surface area (Å²) < 4.78 is 13.5. The van der Waals surface area contributed by atoms with Crippen molar-refractivity contribution in [3.63, 3.8) is 0 Å². The molecule has 37 heavy (non-hydrogen) atoms. The first-order valence-electron chi connectivity index (χ1n) is 13.9. The van der Waals surface area contributed by atoms with Crippen molar-refractivity contribution in [3.8, 4) is 0 Å². The number of piperidine rings is 1. The van der Waals surface area contributed by atoms with Crippen LogP contribution in [-0.2, 0) is 11.2 Å². The molecule has 0 radical (unpaired) electrons. The number of likely N-dealkylation sites (tertiary alicyclic amines) is 1. The summed E-state index contributed by atoms with van der Waals surface area (Å²) in [7, 11) is 0. The Morgan fingerprint density at radius 3 is 2.43 bits per heavy atom. The number of benzene rings is 2. The Bertz CT molecular complexity index is 994. The molecule has 2 aromatic rings. The molecule has 2 aliphatic rings. The fourth-order valence-electron chi connectivity index (χ4n) is 5.88. The molecule has 7 heteroatoms. The maximum Gasteiger partial charge on any atom is 0.254 e. The Balaban J connectivity index is 1.51. The van der Waals surface area contributed by atoms with Crippen LogP contribution in [0.3, 0.4) is 0 Å². The van der Waals surface area contributed by atoms with Gasteiger partial charge in [-0.2, -0.15) is 0 Å². The number of hydrogen-bond donors (Lipinski definition) is 2. The molecule has 1 saturated carbocycles. The molecule has 4 rings (SSSR count). The molecule has 0 aromatic heterocycles. The third-order valence-electron chi connectivity index (χ3n) is 7.94. The van der Waals surface area contributed by atoms with Crippen LogP contribution in [0.4, 0.5) is 4.39 Å². The summed E-state index contributed by atoms with van der Waals surface area (Å²) in [5, 5.41) is 2.91. The zero-order valence-electron chi connectivity index (χ0n) is 21.8. The van der Waals surface area contributed by atoms with Crippen molar-refractivity contribution in [3.05, 3.63) is 71.5 Å². The number of nitrogens with two attached hydrogens (primary N) is 1. The number of nitrogens with zero attached hydrogens (tertiary/aromatic N) is 2. The summed E-state index contributed by atoms with van der Waals surface area (Å²) in [6, 6.07) is 15.8. The van der Waals surface area contributed by atoms with Crippen molar-refractivity contribution >= 4 is 11.8 Å². The van der Waals surface area contributed by atoms with Gasteiger partial charge in [-0.15, -0.1) is 0 Å². The summed E-state index contributed by atoms with van der Waals surface area (Å²) >= 11 is 0. The van der Waals surface area contributed by atoms with Gasteiger partial charge in [0, 0.05) is 44.3 Å². The van der Waals surface area contributed by atoms with Crippen LogP contribution >= 0.6 is 0 Å². The van der Waals surface area contributed by atoms with E-state index in [1.807, 2.05) is 6.07 Å². The Hall–Kier alpha value is -2.77. The Labute approximate surface area is 220 Å². The van der Waals surface area contributed by atoms with E-state index in [1.165, 1.54) is 61.9 Å². The lowest BCUT2D eigenvalue weighted by atomic mass is 9.87. The molecule has 2 aromatic carbocycles.